The number of hydrogen-bond acceptors (Lipinski definition) is 4. The number of methoxy groups -OCH3 is 1. The predicted molar refractivity (Wildman–Crippen MR) is 88.7 cm³/mol. The van der Waals surface area contributed by atoms with Crippen LogP contribution in [0.2, 0.25) is 0 Å². The normalized spacial score (nSPS) is 11.8. The van der Waals surface area contributed by atoms with Crippen molar-refractivity contribution in [2.75, 3.05) is 13.7 Å². The van der Waals surface area contributed by atoms with Gasteiger partial charge in [0.1, 0.15) is 5.82 Å². The molecular weight excluding hydrogens is 311 g/mol. The van der Waals surface area contributed by atoms with Crippen molar-refractivity contribution in [3.63, 3.8) is 0 Å². The van der Waals surface area contributed by atoms with Crippen LogP contribution in [-0.4, -0.2) is 32.9 Å². The second-order valence-corrected chi connectivity index (χ2v) is 5.58. The molecule has 4 aromatic rings. The highest BCUT2D eigenvalue weighted by Crippen LogP contribution is 2.23. The van der Waals surface area contributed by atoms with E-state index in [9.17, 15) is 9.18 Å². The molecule has 24 heavy (non-hydrogen) atoms. The topological polar surface area (TPSA) is 61.4 Å². The smallest absolute Gasteiger partial charge is 0.280 e. The van der Waals surface area contributed by atoms with E-state index in [4.69, 9.17) is 4.74 Å². The van der Waals surface area contributed by atoms with Gasteiger partial charge < -0.3 is 4.74 Å². The molecule has 0 N–H and O–H groups in total. The van der Waals surface area contributed by atoms with Crippen molar-refractivity contribution in [2.45, 2.75) is 13.0 Å². The number of rotatable bonds is 4. The van der Waals surface area contributed by atoms with E-state index in [1.165, 1.54) is 16.6 Å². The summed E-state index contributed by atoms with van der Waals surface area (Å²) in [5.74, 6) is -0.362. The maximum atomic E-state index is 13.7. The molecule has 6 nitrogen and oxygen atoms in total. The molecule has 4 rings (SSSR count). The largest absolute Gasteiger partial charge is 0.385 e. The molecule has 0 fully saturated rings. The van der Waals surface area contributed by atoms with Crippen LogP contribution < -0.4 is 5.56 Å². The summed E-state index contributed by atoms with van der Waals surface area (Å²) < 4.78 is 22.2. The first-order valence-electron chi connectivity index (χ1n) is 7.64. The first-order chi connectivity index (χ1) is 11.7. The van der Waals surface area contributed by atoms with Crippen molar-refractivity contribution < 1.29 is 9.13 Å². The number of aromatic nitrogens is 4. The van der Waals surface area contributed by atoms with E-state index in [0.29, 0.717) is 35.1 Å². The molecule has 3 heterocycles. The third-order valence-corrected chi connectivity index (χ3v) is 4.09. The van der Waals surface area contributed by atoms with Gasteiger partial charge in [0.05, 0.1) is 22.6 Å². The minimum Gasteiger partial charge on any atom is -0.385 e. The Morgan fingerprint density at radius 3 is 2.96 bits per heavy atom. The summed E-state index contributed by atoms with van der Waals surface area (Å²) >= 11 is 0. The summed E-state index contributed by atoms with van der Waals surface area (Å²) in [6, 6.07) is 6.12. The lowest BCUT2D eigenvalue weighted by atomic mass is 10.2. The summed E-state index contributed by atoms with van der Waals surface area (Å²) in [5, 5.41) is 1.09. The van der Waals surface area contributed by atoms with E-state index in [2.05, 4.69) is 9.97 Å². The molecule has 0 radical (unpaired) electrons. The van der Waals surface area contributed by atoms with E-state index in [0.717, 1.165) is 11.9 Å². The molecule has 0 saturated carbocycles. The second kappa shape index (κ2) is 5.68. The molecule has 0 aliphatic carbocycles. The third-order valence-electron chi connectivity index (χ3n) is 4.09. The van der Waals surface area contributed by atoms with Gasteiger partial charge in [0, 0.05) is 31.8 Å². The highest BCUT2D eigenvalue weighted by atomic mass is 19.1. The van der Waals surface area contributed by atoms with Gasteiger partial charge in [-0.2, -0.15) is 4.52 Å². The van der Waals surface area contributed by atoms with Crippen molar-refractivity contribution in [3.8, 4) is 0 Å². The van der Waals surface area contributed by atoms with Crippen molar-refractivity contribution in [2.24, 2.45) is 0 Å². The molecule has 0 unspecified atom stereocenters. The number of halogens is 1. The lowest BCUT2D eigenvalue weighted by molar-refractivity contribution is 0.189. The number of pyridine rings is 1. The molecule has 122 valence electrons. The molecule has 7 heteroatoms. The van der Waals surface area contributed by atoms with Crippen LogP contribution in [0.3, 0.4) is 0 Å². The van der Waals surface area contributed by atoms with Gasteiger partial charge >= 0.3 is 0 Å². The van der Waals surface area contributed by atoms with Crippen molar-refractivity contribution >= 4 is 27.5 Å². The Labute approximate surface area is 136 Å². The highest BCUT2D eigenvalue weighted by molar-refractivity contribution is 5.95. The Hall–Kier alpha value is -2.80. The molecule has 0 atom stereocenters. The summed E-state index contributed by atoms with van der Waals surface area (Å²) in [4.78, 5) is 21.5. The van der Waals surface area contributed by atoms with Crippen LogP contribution in [0.4, 0.5) is 4.39 Å². The Bertz CT molecular complexity index is 1120. The molecule has 0 aliphatic rings. The van der Waals surface area contributed by atoms with Crippen LogP contribution in [0.5, 0.6) is 0 Å². The highest BCUT2D eigenvalue weighted by Gasteiger charge is 2.16. The van der Waals surface area contributed by atoms with Crippen LogP contribution in [0.25, 0.3) is 27.5 Å². The number of ether oxygens (including phenoxy) is 1. The standard InChI is InChI=1S/C17H15FN4O2/c1-24-8-2-7-21-15-4-3-11(18)9-13(15)16-20-14-10-19-6-5-12(14)17(23)22(16)21/h3-6,9-10H,2,7-8H2,1H3. The zero-order valence-corrected chi connectivity index (χ0v) is 13.1. The summed E-state index contributed by atoms with van der Waals surface area (Å²) in [6.45, 7) is 1.14. The average molecular weight is 326 g/mol. The van der Waals surface area contributed by atoms with Crippen LogP contribution in [0.1, 0.15) is 6.42 Å². The molecule has 0 amide bonds. The second-order valence-electron chi connectivity index (χ2n) is 5.58. The van der Waals surface area contributed by atoms with Crippen molar-refractivity contribution in [3.05, 3.63) is 52.8 Å². The van der Waals surface area contributed by atoms with E-state index < -0.39 is 0 Å². The maximum Gasteiger partial charge on any atom is 0.280 e. The van der Waals surface area contributed by atoms with Gasteiger partial charge in [0.15, 0.2) is 5.65 Å². The quantitative estimate of drug-likeness (QED) is 0.540. The first-order valence-corrected chi connectivity index (χ1v) is 7.64. The fourth-order valence-electron chi connectivity index (χ4n) is 3.03. The number of nitrogens with zero attached hydrogens (tertiary/aromatic N) is 4. The van der Waals surface area contributed by atoms with E-state index in [-0.39, 0.29) is 11.4 Å². The third kappa shape index (κ3) is 2.16. The van der Waals surface area contributed by atoms with Crippen molar-refractivity contribution in [1.82, 2.24) is 19.2 Å². The summed E-state index contributed by atoms with van der Waals surface area (Å²) in [6.07, 6.45) is 3.84. The Morgan fingerprint density at radius 1 is 1.25 bits per heavy atom. The van der Waals surface area contributed by atoms with Crippen LogP contribution >= 0.6 is 0 Å². The van der Waals surface area contributed by atoms with E-state index in [1.54, 1.807) is 31.6 Å². The predicted octanol–water partition coefficient (Wildman–Crippen LogP) is 2.37. The Balaban J connectivity index is 2.13. The number of aryl methyl sites for hydroxylation is 1. The molecule has 3 aromatic heterocycles. The van der Waals surface area contributed by atoms with Gasteiger partial charge in [-0.3, -0.25) is 14.5 Å². The molecule has 0 bridgehead atoms. The van der Waals surface area contributed by atoms with Crippen molar-refractivity contribution in [1.29, 1.82) is 0 Å². The van der Waals surface area contributed by atoms with Crippen LogP contribution in [-0.2, 0) is 11.3 Å². The minimum absolute atomic E-state index is 0.188. The zero-order valence-electron chi connectivity index (χ0n) is 13.1. The lowest BCUT2D eigenvalue weighted by Gasteiger charge is -2.08. The summed E-state index contributed by atoms with van der Waals surface area (Å²) in [5.41, 5.74) is 1.52. The number of fused-ring (bicyclic) bond motifs is 4. The minimum atomic E-state index is -0.362. The molecule has 1 aromatic carbocycles. The Morgan fingerprint density at radius 2 is 2.12 bits per heavy atom. The van der Waals surface area contributed by atoms with Gasteiger partial charge in [0.25, 0.3) is 5.56 Å². The van der Waals surface area contributed by atoms with Gasteiger partial charge in [0.2, 0.25) is 0 Å². The monoisotopic (exact) mass is 326 g/mol. The first kappa shape index (κ1) is 14.8. The van der Waals surface area contributed by atoms with Gasteiger partial charge in [-0.1, -0.05) is 0 Å². The van der Waals surface area contributed by atoms with E-state index in [1.807, 2.05) is 4.68 Å². The summed E-state index contributed by atoms with van der Waals surface area (Å²) in [7, 11) is 1.63. The van der Waals surface area contributed by atoms with Crippen LogP contribution in [0.15, 0.2) is 41.5 Å². The SMILES string of the molecule is COCCCn1c2ccc(F)cc2c2nc3cnccc3c(=O)n21. The molecule has 0 aliphatic heterocycles. The van der Waals surface area contributed by atoms with Gasteiger partial charge in [-0.25, -0.2) is 9.37 Å². The van der Waals surface area contributed by atoms with Gasteiger partial charge in [-0.05, 0) is 30.7 Å². The fourth-order valence-corrected chi connectivity index (χ4v) is 3.03. The van der Waals surface area contributed by atoms with Gasteiger partial charge in [-0.15, -0.1) is 0 Å². The average Bonchev–Trinajstić information content (AvgIpc) is 2.89. The Kier molecular flexibility index (Phi) is 3.50. The fraction of sp³-hybridized carbons (Fsp3) is 0.235. The van der Waals surface area contributed by atoms with Crippen LogP contribution in [0, 0.1) is 5.82 Å². The maximum absolute atomic E-state index is 13.7. The zero-order chi connectivity index (χ0) is 16.7. The molecular formula is C17H15FN4O2. The number of benzene rings is 1. The van der Waals surface area contributed by atoms with E-state index >= 15 is 0 Å². The molecule has 0 saturated heterocycles. The lowest BCUT2D eigenvalue weighted by Crippen LogP contribution is -2.22. The number of hydrogen-bond donors (Lipinski definition) is 0. The molecule has 0 spiro atoms.